The van der Waals surface area contributed by atoms with Gasteiger partial charge in [0.25, 0.3) is 5.91 Å². The van der Waals surface area contributed by atoms with Crippen molar-refractivity contribution in [2.75, 3.05) is 39.4 Å². The summed E-state index contributed by atoms with van der Waals surface area (Å²) in [5.41, 5.74) is 1.67. The Morgan fingerprint density at radius 2 is 1.86 bits per heavy atom. The molecule has 2 aromatic heterocycles. The number of rotatable bonds is 6. The molecule has 1 fully saturated rings. The van der Waals surface area contributed by atoms with E-state index in [2.05, 4.69) is 4.98 Å². The van der Waals surface area contributed by atoms with Gasteiger partial charge in [-0.2, -0.15) is 11.3 Å². The van der Waals surface area contributed by atoms with E-state index in [1.54, 1.807) is 28.1 Å². The van der Waals surface area contributed by atoms with Gasteiger partial charge in [-0.15, -0.1) is 11.3 Å². The molecule has 10 heteroatoms. The third-order valence-corrected chi connectivity index (χ3v) is 5.78. The van der Waals surface area contributed by atoms with E-state index in [9.17, 15) is 14.4 Å². The van der Waals surface area contributed by atoms with Crippen molar-refractivity contribution >= 4 is 40.6 Å². The lowest BCUT2D eigenvalue weighted by Crippen LogP contribution is -2.51. The first kappa shape index (κ1) is 20.3. The molecule has 0 atom stereocenters. The minimum atomic E-state index is -0.485. The molecule has 0 bridgehead atoms. The van der Waals surface area contributed by atoms with E-state index in [1.807, 2.05) is 22.2 Å². The molecule has 2 aromatic rings. The first-order valence-electron chi connectivity index (χ1n) is 8.89. The normalized spacial score (nSPS) is 14.0. The molecule has 0 unspecified atom stereocenters. The molecule has 3 heterocycles. The molecule has 28 heavy (non-hydrogen) atoms. The van der Waals surface area contributed by atoms with Crippen molar-refractivity contribution in [3.63, 3.8) is 0 Å². The maximum atomic E-state index is 12.2. The first-order chi connectivity index (χ1) is 13.6. The van der Waals surface area contributed by atoms with E-state index in [-0.39, 0.29) is 25.0 Å². The predicted octanol–water partition coefficient (Wildman–Crippen LogP) is 2.26. The number of aromatic nitrogens is 1. The Labute approximate surface area is 170 Å². The lowest BCUT2D eigenvalue weighted by molar-refractivity contribution is -0.152. The zero-order valence-corrected chi connectivity index (χ0v) is 17.1. The Hall–Kier alpha value is -2.46. The summed E-state index contributed by atoms with van der Waals surface area (Å²) in [5, 5.41) is 6.66. The second kappa shape index (κ2) is 9.65. The molecule has 0 N–H and O–H groups in total. The Bertz CT molecular complexity index is 813. The molecule has 0 radical (unpaired) electrons. The molecule has 0 spiro atoms. The van der Waals surface area contributed by atoms with Crippen LogP contribution < -0.4 is 0 Å². The van der Waals surface area contributed by atoms with Crippen LogP contribution in [0, 0.1) is 0 Å². The summed E-state index contributed by atoms with van der Waals surface area (Å²) in [7, 11) is 0. The molecule has 1 saturated heterocycles. The fourth-order valence-corrected chi connectivity index (χ4v) is 4.22. The molecule has 0 aliphatic carbocycles. The minimum Gasteiger partial charge on any atom is -0.455 e. The smallest absolute Gasteiger partial charge is 0.409 e. The standard InChI is InChI=1S/C18H21N3O5S2/c1-2-25-18(24)21-6-4-20(5-7-21)15(22)10-26-16(23)9-14-12-28-17(19-14)13-3-8-27-11-13/h3,8,11-12H,2,4-7,9-10H2,1H3. The van der Waals surface area contributed by atoms with E-state index in [0.717, 1.165) is 10.6 Å². The number of thiazole rings is 1. The molecule has 1 aliphatic rings. The first-order valence-corrected chi connectivity index (χ1v) is 10.7. The number of thiophene rings is 1. The number of hydrogen-bond donors (Lipinski definition) is 0. The number of esters is 1. The molecule has 0 aromatic carbocycles. The number of nitrogens with zero attached hydrogens (tertiary/aromatic N) is 3. The van der Waals surface area contributed by atoms with Gasteiger partial charge in [0, 0.05) is 42.5 Å². The van der Waals surface area contributed by atoms with Gasteiger partial charge in [-0.05, 0) is 18.4 Å². The van der Waals surface area contributed by atoms with Crippen molar-refractivity contribution in [2.24, 2.45) is 0 Å². The summed E-state index contributed by atoms with van der Waals surface area (Å²) in [6.07, 6.45) is -0.337. The highest BCUT2D eigenvalue weighted by Crippen LogP contribution is 2.25. The van der Waals surface area contributed by atoms with Crippen LogP contribution in [0.15, 0.2) is 22.2 Å². The summed E-state index contributed by atoms with van der Waals surface area (Å²) in [5.74, 6) is -0.755. The number of carbonyl (C=O) groups excluding carboxylic acids is 3. The van der Waals surface area contributed by atoms with Crippen LogP contribution in [0.1, 0.15) is 12.6 Å². The molecule has 2 amide bonds. The monoisotopic (exact) mass is 423 g/mol. The summed E-state index contributed by atoms with van der Waals surface area (Å²) in [4.78, 5) is 43.5. The molecule has 150 valence electrons. The van der Waals surface area contributed by atoms with Crippen LogP contribution in [-0.4, -0.2) is 72.1 Å². The lowest BCUT2D eigenvalue weighted by Gasteiger charge is -2.33. The number of amides is 2. The topological polar surface area (TPSA) is 89.0 Å². The summed E-state index contributed by atoms with van der Waals surface area (Å²) < 4.78 is 10.1. The average Bonchev–Trinajstić information content (AvgIpc) is 3.38. The highest BCUT2D eigenvalue weighted by molar-refractivity contribution is 7.14. The van der Waals surface area contributed by atoms with Crippen molar-refractivity contribution in [1.29, 1.82) is 0 Å². The summed E-state index contributed by atoms with van der Waals surface area (Å²) in [6, 6.07) is 1.98. The van der Waals surface area contributed by atoms with E-state index in [4.69, 9.17) is 9.47 Å². The van der Waals surface area contributed by atoms with E-state index in [0.29, 0.717) is 38.5 Å². The fraction of sp³-hybridized carbons (Fsp3) is 0.444. The Kier molecular flexibility index (Phi) is 6.99. The molecule has 8 nitrogen and oxygen atoms in total. The maximum Gasteiger partial charge on any atom is 0.409 e. The number of hydrogen-bond acceptors (Lipinski definition) is 8. The molecule has 1 aliphatic heterocycles. The van der Waals surface area contributed by atoms with Crippen LogP contribution in [-0.2, 0) is 25.5 Å². The highest BCUT2D eigenvalue weighted by atomic mass is 32.1. The van der Waals surface area contributed by atoms with Gasteiger partial charge in [-0.25, -0.2) is 9.78 Å². The second-order valence-electron chi connectivity index (χ2n) is 6.06. The van der Waals surface area contributed by atoms with Gasteiger partial charge in [-0.1, -0.05) is 0 Å². The largest absolute Gasteiger partial charge is 0.455 e. The second-order valence-corrected chi connectivity index (χ2v) is 7.70. The third kappa shape index (κ3) is 5.29. The lowest BCUT2D eigenvalue weighted by atomic mass is 10.3. The predicted molar refractivity (Wildman–Crippen MR) is 105 cm³/mol. The van der Waals surface area contributed by atoms with Crippen molar-refractivity contribution in [1.82, 2.24) is 14.8 Å². The van der Waals surface area contributed by atoms with Gasteiger partial charge >= 0.3 is 12.1 Å². The van der Waals surface area contributed by atoms with Gasteiger partial charge in [0.1, 0.15) is 5.01 Å². The zero-order chi connectivity index (χ0) is 19.9. The quantitative estimate of drug-likeness (QED) is 0.662. The number of ether oxygens (including phenoxy) is 2. The van der Waals surface area contributed by atoms with Crippen LogP contribution in [0.2, 0.25) is 0 Å². The van der Waals surface area contributed by atoms with Gasteiger partial charge < -0.3 is 19.3 Å². The van der Waals surface area contributed by atoms with Crippen LogP contribution in [0.4, 0.5) is 4.79 Å². The molecule has 3 rings (SSSR count). The van der Waals surface area contributed by atoms with Crippen LogP contribution >= 0.6 is 22.7 Å². The van der Waals surface area contributed by atoms with Crippen molar-refractivity contribution in [3.8, 4) is 10.6 Å². The third-order valence-electron chi connectivity index (χ3n) is 4.16. The van der Waals surface area contributed by atoms with Gasteiger partial charge in [0.15, 0.2) is 6.61 Å². The van der Waals surface area contributed by atoms with E-state index in [1.165, 1.54) is 11.3 Å². The van der Waals surface area contributed by atoms with E-state index >= 15 is 0 Å². The molecule has 0 saturated carbocycles. The van der Waals surface area contributed by atoms with Crippen molar-refractivity contribution in [2.45, 2.75) is 13.3 Å². The van der Waals surface area contributed by atoms with E-state index < -0.39 is 5.97 Å². The average molecular weight is 424 g/mol. The molecular formula is C18H21N3O5S2. The maximum absolute atomic E-state index is 12.2. The number of carbonyl (C=O) groups is 3. The van der Waals surface area contributed by atoms with Crippen molar-refractivity contribution in [3.05, 3.63) is 27.9 Å². The Morgan fingerprint density at radius 1 is 1.11 bits per heavy atom. The van der Waals surface area contributed by atoms with Gasteiger partial charge in [-0.3, -0.25) is 9.59 Å². The number of piperazine rings is 1. The highest BCUT2D eigenvalue weighted by Gasteiger charge is 2.25. The SMILES string of the molecule is CCOC(=O)N1CCN(C(=O)COC(=O)Cc2csc(-c3ccsc3)n2)CC1. The Morgan fingerprint density at radius 3 is 2.54 bits per heavy atom. The van der Waals surface area contributed by atoms with Gasteiger partial charge in [0.2, 0.25) is 0 Å². The van der Waals surface area contributed by atoms with Gasteiger partial charge in [0.05, 0.1) is 18.7 Å². The fourth-order valence-electron chi connectivity index (χ4n) is 2.69. The van der Waals surface area contributed by atoms with Crippen LogP contribution in [0.3, 0.4) is 0 Å². The van der Waals surface area contributed by atoms with Crippen molar-refractivity contribution < 1.29 is 23.9 Å². The molecular weight excluding hydrogens is 402 g/mol. The van der Waals surface area contributed by atoms with Crippen LogP contribution in [0.25, 0.3) is 10.6 Å². The minimum absolute atomic E-state index is 0.0323. The van der Waals surface area contributed by atoms with Crippen LogP contribution in [0.5, 0.6) is 0 Å². The summed E-state index contributed by atoms with van der Waals surface area (Å²) in [6.45, 7) is 3.37. The zero-order valence-electron chi connectivity index (χ0n) is 15.5. The summed E-state index contributed by atoms with van der Waals surface area (Å²) >= 11 is 3.06. The Balaban J connectivity index is 1.40.